The van der Waals surface area contributed by atoms with Crippen LogP contribution in [0.5, 0.6) is 11.5 Å². The molecule has 10 heteroatoms. The second-order valence-corrected chi connectivity index (χ2v) is 8.95. The molecule has 3 heterocycles. The lowest BCUT2D eigenvalue weighted by Crippen LogP contribution is -2.49. The van der Waals surface area contributed by atoms with E-state index in [1.165, 1.54) is 0 Å². The summed E-state index contributed by atoms with van der Waals surface area (Å²) in [6.45, 7) is 2.97. The molecule has 0 aliphatic carbocycles. The molecular weight excluding hydrogens is 456 g/mol. The highest BCUT2D eigenvalue weighted by Crippen LogP contribution is 2.26. The molecule has 0 bridgehead atoms. The predicted molar refractivity (Wildman–Crippen MR) is 139 cm³/mol. The molecule has 2 aliphatic rings. The van der Waals surface area contributed by atoms with Crippen molar-refractivity contribution in [1.29, 1.82) is 0 Å². The summed E-state index contributed by atoms with van der Waals surface area (Å²) in [4.78, 5) is 26.3. The Bertz CT molecular complexity index is 1250. The van der Waals surface area contributed by atoms with Gasteiger partial charge in [0.15, 0.2) is 0 Å². The van der Waals surface area contributed by atoms with Gasteiger partial charge in [-0.1, -0.05) is 24.3 Å². The van der Waals surface area contributed by atoms with Crippen LogP contribution < -0.4 is 31.1 Å². The van der Waals surface area contributed by atoms with Crippen LogP contribution in [0.15, 0.2) is 78.1 Å². The highest BCUT2D eigenvalue weighted by Gasteiger charge is 2.34. The topological polar surface area (TPSA) is 107 Å². The van der Waals surface area contributed by atoms with Crippen LogP contribution in [0, 0.1) is 0 Å². The van der Waals surface area contributed by atoms with Crippen LogP contribution in [0.1, 0.15) is 10.4 Å². The fraction of sp³-hybridized carbons (Fsp3) is 0.269. The number of benzene rings is 2. The van der Waals surface area contributed by atoms with Crippen LogP contribution in [0.3, 0.4) is 0 Å². The van der Waals surface area contributed by atoms with E-state index < -0.39 is 0 Å². The number of hydrogen-bond acceptors (Lipinski definition) is 9. The van der Waals surface area contributed by atoms with Crippen molar-refractivity contribution >= 4 is 17.7 Å². The van der Waals surface area contributed by atoms with Gasteiger partial charge in [-0.25, -0.2) is 10.4 Å². The summed E-state index contributed by atoms with van der Waals surface area (Å²) in [6.07, 6.45) is 1.44. The molecule has 1 atom stereocenters. The molecule has 0 saturated carbocycles. The molecule has 4 N–H and O–H groups in total. The van der Waals surface area contributed by atoms with E-state index in [-0.39, 0.29) is 12.1 Å². The number of likely N-dealkylation sites (N-methyl/N-ethyl adjacent to an activating group) is 1. The number of nitrogens with one attached hydrogen (secondary N) is 4. The molecule has 0 spiro atoms. The molecule has 36 heavy (non-hydrogen) atoms. The first kappa shape index (κ1) is 23.6. The van der Waals surface area contributed by atoms with Gasteiger partial charge in [0, 0.05) is 37.0 Å². The molecule has 1 unspecified atom stereocenters. The molecule has 0 radical (unpaired) electrons. The summed E-state index contributed by atoms with van der Waals surface area (Å²) in [5.41, 5.74) is 9.04. The first-order chi connectivity index (χ1) is 17.5. The Hall–Kier alpha value is -4.15. The molecule has 1 aromatic heterocycles. The van der Waals surface area contributed by atoms with E-state index in [1.807, 2.05) is 62.6 Å². The number of anilines is 2. The molecule has 1 amide bonds. The number of carbonyl (C=O) groups excluding carboxylic acids is 1. The Kier molecular flexibility index (Phi) is 6.96. The van der Waals surface area contributed by atoms with E-state index in [2.05, 4.69) is 41.3 Å². The van der Waals surface area contributed by atoms with Gasteiger partial charge in [0.05, 0.1) is 12.2 Å². The Morgan fingerprint density at radius 1 is 1.11 bits per heavy atom. The van der Waals surface area contributed by atoms with Gasteiger partial charge in [-0.15, -0.1) is 0 Å². The smallest absolute Gasteiger partial charge is 0.252 e. The van der Waals surface area contributed by atoms with Gasteiger partial charge in [0.1, 0.15) is 23.5 Å². The Morgan fingerprint density at radius 3 is 2.78 bits per heavy atom. The lowest BCUT2D eigenvalue weighted by Gasteiger charge is -2.23. The van der Waals surface area contributed by atoms with E-state index in [4.69, 9.17) is 4.74 Å². The second-order valence-electron chi connectivity index (χ2n) is 8.95. The average Bonchev–Trinajstić information content (AvgIpc) is 3.47. The Balaban J connectivity index is 1.20. The number of nitrogens with zero attached hydrogens (tertiary/aromatic N) is 4. The fourth-order valence-corrected chi connectivity index (χ4v) is 4.11. The number of hydrazine groups is 1. The van der Waals surface area contributed by atoms with Gasteiger partial charge in [-0.05, 0) is 50.5 Å². The number of rotatable bonds is 9. The maximum atomic E-state index is 13.0. The van der Waals surface area contributed by atoms with Crippen molar-refractivity contribution in [3.63, 3.8) is 0 Å². The average molecular weight is 487 g/mol. The lowest BCUT2D eigenvalue weighted by molar-refractivity contribution is 0.0936. The molecule has 10 nitrogen and oxygen atoms in total. The maximum absolute atomic E-state index is 13.0. The Labute approximate surface area is 210 Å². The molecule has 5 rings (SSSR count). The number of para-hydroxylation sites is 1. The summed E-state index contributed by atoms with van der Waals surface area (Å²) in [7, 11) is 4.06. The van der Waals surface area contributed by atoms with Gasteiger partial charge in [-0.3, -0.25) is 4.79 Å². The highest BCUT2D eigenvalue weighted by atomic mass is 16.5. The summed E-state index contributed by atoms with van der Waals surface area (Å²) in [6, 6.07) is 18.6. The maximum Gasteiger partial charge on any atom is 0.252 e. The first-order valence-electron chi connectivity index (χ1n) is 11.9. The summed E-state index contributed by atoms with van der Waals surface area (Å²) in [5, 5.41) is 6.34. The monoisotopic (exact) mass is 486 g/mol. The van der Waals surface area contributed by atoms with Crippen molar-refractivity contribution in [2.24, 2.45) is 0 Å². The van der Waals surface area contributed by atoms with Gasteiger partial charge < -0.3 is 30.6 Å². The van der Waals surface area contributed by atoms with Crippen LogP contribution in [0.25, 0.3) is 0 Å². The molecule has 3 aromatic rings. The third kappa shape index (κ3) is 5.56. The summed E-state index contributed by atoms with van der Waals surface area (Å²) < 4.78 is 5.87. The van der Waals surface area contributed by atoms with E-state index in [9.17, 15) is 4.79 Å². The van der Waals surface area contributed by atoms with Crippen molar-refractivity contribution < 1.29 is 9.53 Å². The van der Waals surface area contributed by atoms with Gasteiger partial charge >= 0.3 is 0 Å². The van der Waals surface area contributed by atoms with Crippen LogP contribution in [-0.4, -0.2) is 67.2 Å². The molecule has 0 saturated heterocycles. The third-order valence-corrected chi connectivity index (χ3v) is 5.97. The van der Waals surface area contributed by atoms with Crippen LogP contribution in [0.4, 0.5) is 11.8 Å². The van der Waals surface area contributed by atoms with Crippen molar-refractivity contribution in [3.8, 4) is 11.5 Å². The number of aromatic nitrogens is 2. The predicted octanol–water partition coefficient (Wildman–Crippen LogP) is 2.18. The van der Waals surface area contributed by atoms with Crippen LogP contribution in [0.2, 0.25) is 0 Å². The zero-order valence-electron chi connectivity index (χ0n) is 20.4. The van der Waals surface area contributed by atoms with Gasteiger partial charge in [0.25, 0.3) is 5.91 Å². The van der Waals surface area contributed by atoms with Gasteiger partial charge in [-0.2, -0.15) is 4.98 Å². The van der Waals surface area contributed by atoms with Crippen molar-refractivity contribution in [2.45, 2.75) is 6.17 Å². The molecule has 186 valence electrons. The zero-order valence-corrected chi connectivity index (χ0v) is 20.4. The zero-order chi connectivity index (χ0) is 24.9. The number of amides is 1. The Morgan fingerprint density at radius 2 is 1.94 bits per heavy atom. The standard InChI is InChI=1S/C26H30N8O2/c1-33(2)14-13-28-26-27-12-11-23(29-26)34-16-21-22(17-34)31-32-24(21)30-25(35)18-7-6-10-20(15-18)36-19-8-4-3-5-9-19/h3-12,15,24,31-32H,13-14,16-17H2,1-2H3,(H,30,35)(H,27,28,29). The van der Waals surface area contributed by atoms with Crippen molar-refractivity contribution in [1.82, 2.24) is 31.0 Å². The van der Waals surface area contributed by atoms with E-state index >= 15 is 0 Å². The second kappa shape index (κ2) is 10.6. The summed E-state index contributed by atoms with van der Waals surface area (Å²) in [5.74, 6) is 2.59. The normalized spacial score (nSPS) is 16.6. The molecule has 2 aliphatic heterocycles. The summed E-state index contributed by atoms with van der Waals surface area (Å²) >= 11 is 0. The molecular formula is C26H30N8O2. The highest BCUT2D eigenvalue weighted by molar-refractivity contribution is 5.95. The number of hydrogen-bond donors (Lipinski definition) is 4. The van der Waals surface area contributed by atoms with E-state index in [0.717, 1.165) is 35.9 Å². The third-order valence-electron chi connectivity index (χ3n) is 5.97. The lowest BCUT2D eigenvalue weighted by atomic mass is 10.1. The first-order valence-corrected chi connectivity index (χ1v) is 11.9. The minimum absolute atomic E-state index is 0.186. The molecule has 0 fully saturated rings. The largest absolute Gasteiger partial charge is 0.457 e. The van der Waals surface area contributed by atoms with Crippen LogP contribution >= 0.6 is 0 Å². The van der Waals surface area contributed by atoms with E-state index in [1.54, 1.807) is 18.3 Å². The number of carbonyl (C=O) groups is 1. The fourth-order valence-electron chi connectivity index (χ4n) is 4.11. The van der Waals surface area contributed by atoms with Crippen molar-refractivity contribution in [2.75, 3.05) is 50.5 Å². The van der Waals surface area contributed by atoms with Crippen molar-refractivity contribution in [3.05, 3.63) is 83.7 Å². The quantitative estimate of drug-likeness (QED) is 0.362. The van der Waals surface area contributed by atoms with Gasteiger partial charge in [0.2, 0.25) is 5.95 Å². The van der Waals surface area contributed by atoms with E-state index in [0.29, 0.717) is 30.4 Å². The SMILES string of the molecule is CN(C)CCNc1nccc(N2CC3=C(C2)C(NC(=O)c2cccc(Oc4ccccc4)c2)NN3)n1. The minimum atomic E-state index is -0.323. The minimum Gasteiger partial charge on any atom is -0.457 e. The molecule has 2 aromatic carbocycles. The van der Waals surface area contributed by atoms with Crippen LogP contribution in [-0.2, 0) is 0 Å². The number of ether oxygens (including phenoxy) is 1.